The molecular formula is C22H30N6O4. The van der Waals surface area contributed by atoms with Crippen molar-refractivity contribution in [3.63, 3.8) is 0 Å². The molecule has 1 aliphatic carbocycles. The van der Waals surface area contributed by atoms with Gasteiger partial charge in [-0.1, -0.05) is 13.8 Å². The van der Waals surface area contributed by atoms with Gasteiger partial charge in [-0.25, -0.2) is 0 Å². The summed E-state index contributed by atoms with van der Waals surface area (Å²) in [4.78, 5) is 40.3. The SMILES string of the molecule is CNc1nn2c(=O)c(C(=O)NC3CC3)c(O)n(CC(C)C)c2c1/C=C/C(=O)N1CCCC1. The molecule has 10 heteroatoms. The summed E-state index contributed by atoms with van der Waals surface area (Å²) < 4.78 is 2.66. The van der Waals surface area contributed by atoms with Crippen molar-refractivity contribution in [1.82, 2.24) is 24.4 Å². The minimum atomic E-state index is -0.697. The van der Waals surface area contributed by atoms with E-state index in [1.807, 2.05) is 13.8 Å². The van der Waals surface area contributed by atoms with Crippen molar-refractivity contribution in [3.8, 4) is 5.88 Å². The Labute approximate surface area is 185 Å². The number of aromatic nitrogens is 3. The number of aromatic hydroxyl groups is 1. The van der Waals surface area contributed by atoms with Crippen molar-refractivity contribution >= 4 is 29.4 Å². The van der Waals surface area contributed by atoms with E-state index in [9.17, 15) is 19.5 Å². The third-order valence-corrected chi connectivity index (χ3v) is 5.77. The van der Waals surface area contributed by atoms with Crippen molar-refractivity contribution < 1.29 is 14.7 Å². The van der Waals surface area contributed by atoms with Crippen LogP contribution in [0.2, 0.25) is 0 Å². The molecule has 4 rings (SSSR count). The summed E-state index contributed by atoms with van der Waals surface area (Å²) in [5, 5.41) is 21.1. The number of hydrogen-bond acceptors (Lipinski definition) is 6. The van der Waals surface area contributed by atoms with E-state index in [1.165, 1.54) is 10.6 Å². The number of rotatable bonds is 7. The maximum Gasteiger partial charge on any atom is 0.291 e. The van der Waals surface area contributed by atoms with Gasteiger partial charge in [0.2, 0.25) is 11.8 Å². The number of nitrogens with zero attached hydrogens (tertiary/aromatic N) is 4. The third-order valence-electron chi connectivity index (χ3n) is 5.77. The molecule has 0 bridgehead atoms. The molecular weight excluding hydrogens is 412 g/mol. The van der Waals surface area contributed by atoms with E-state index in [4.69, 9.17) is 0 Å². The number of carbonyl (C=O) groups is 2. The number of fused-ring (bicyclic) bond motifs is 1. The normalized spacial score (nSPS) is 16.4. The quantitative estimate of drug-likeness (QED) is 0.558. The molecule has 0 radical (unpaired) electrons. The first kappa shape index (κ1) is 21.9. The molecule has 2 aromatic heterocycles. The fraction of sp³-hybridized carbons (Fsp3) is 0.545. The van der Waals surface area contributed by atoms with E-state index in [-0.39, 0.29) is 23.4 Å². The first-order chi connectivity index (χ1) is 15.3. The molecule has 32 heavy (non-hydrogen) atoms. The van der Waals surface area contributed by atoms with E-state index < -0.39 is 17.3 Å². The summed E-state index contributed by atoms with van der Waals surface area (Å²) in [6.45, 7) is 5.76. The highest BCUT2D eigenvalue weighted by atomic mass is 16.3. The summed E-state index contributed by atoms with van der Waals surface area (Å²) in [7, 11) is 1.67. The Morgan fingerprint density at radius 1 is 1.25 bits per heavy atom. The third kappa shape index (κ3) is 4.09. The van der Waals surface area contributed by atoms with E-state index in [0.29, 0.717) is 23.6 Å². The second kappa shape index (κ2) is 8.68. The van der Waals surface area contributed by atoms with Crippen molar-refractivity contribution in [2.24, 2.45) is 5.92 Å². The lowest BCUT2D eigenvalue weighted by atomic mass is 10.2. The number of likely N-dealkylation sites (tertiary alicyclic amines) is 1. The molecule has 3 N–H and O–H groups in total. The van der Waals surface area contributed by atoms with E-state index in [0.717, 1.165) is 43.3 Å². The molecule has 2 aliphatic rings. The van der Waals surface area contributed by atoms with E-state index in [1.54, 1.807) is 18.0 Å². The number of nitrogens with one attached hydrogen (secondary N) is 2. The van der Waals surface area contributed by atoms with Crippen LogP contribution in [-0.4, -0.2) is 62.2 Å². The summed E-state index contributed by atoms with van der Waals surface area (Å²) in [5.41, 5.74) is -0.183. The monoisotopic (exact) mass is 442 g/mol. The van der Waals surface area contributed by atoms with Gasteiger partial charge in [0, 0.05) is 38.8 Å². The van der Waals surface area contributed by atoms with Gasteiger partial charge in [-0.15, -0.1) is 5.10 Å². The van der Waals surface area contributed by atoms with Gasteiger partial charge in [0.25, 0.3) is 11.5 Å². The average Bonchev–Trinajstić information content (AvgIpc) is 3.26. The molecule has 1 aliphatic heterocycles. The Morgan fingerprint density at radius 2 is 1.94 bits per heavy atom. The van der Waals surface area contributed by atoms with Crippen LogP contribution in [0, 0.1) is 5.92 Å². The van der Waals surface area contributed by atoms with Gasteiger partial charge in [0.15, 0.2) is 17.0 Å². The van der Waals surface area contributed by atoms with E-state index >= 15 is 0 Å². The number of anilines is 1. The van der Waals surface area contributed by atoms with Crippen LogP contribution < -0.4 is 16.2 Å². The van der Waals surface area contributed by atoms with Gasteiger partial charge in [0.1, 0.15) is 0 Å². The zero-order valence-electron chi connectivity index (χ0n) is 18.7. The van der Waals surface area contributed by atoms with Crippen molar-refractivity contribution in [2.45, 2.75) is 52.1 Å². The van der Waals surface area contributed by atoms with Crippen LogP contribution in [0.15, 0.2) is 10.9 Å². The van der Waals surface area contributed by atoms with Crippen LogP contribution in [0.3, 0.4) is 0 Å². The highest BCUT2D eigenvalue weighted by Crippen LogP contribution is 2.28. The van der Waals surface area contributed by atoms with Crippen LogP contribution in [0.1, 0.15) is 55.5 Å². The lowest BCUT2D eigenvalue weighted by Crippen LogP contribution is -2.34. The zero-order chi connectivity index (χ0) is 23.0. The van der Waals surface area contributed by atoms with Crippen LogP contribution in [0.25, 0.3) is 11.7 Å². The predicted molar refractivity (Wildman–Crippen MR) is 121 cm³/mol. The molecule has 172 valence electrons. The molecule has 1 saturated heterocycles. The van der Waals surface area contributed by atoms with Crippen LogP contribution in [0.5, 0.6) is 5.88 Å². The molecule has 0 atom stereocenters. The lowest BCUT2D eigenvalue weighted by molar-refractivity contribution is -0.124. The topological polar surface area (TPSA) is 121 Å². The van der Waals surface area contributed by atoms with Gasteiger partial charge in [0.05, 0.1) is 5.56 Å². The van der Waals surface area contributed by atoms with Gasteiger partial charge < -0.3 is 20.6 Å². The first-order valence-electron chi connectivity index (χ1n) is 11.2. The summed E-state index contributed by atoms with van der Waals surface area (Å²) in [6.07, 6.45) is 6.80. The maximum absolute atomic E-state index is 13.2. The molecule has 2 fully saturated rings. The Kier molecular flexibility index (Phi) is 5.94. The number of hydrogen-bond donors (Lipinski definition) is 3. The zero-order valence-corrected chi connectivity index (χ0v) is 18.7. The van der Waals surface area contributed by atoms with Gasteiger partial charge in [-0.2, -0.15) is 4.52 Å². The Morgan fingerprint density at radius 3 is 2.53 bits per heavy atom. The second-order valence-corrected chi connectivity index (χ2v) is 8.87. The van der Waals surface area contributed by atoms with Gasteiger partial charge >= 0.3 is 0 Å². The Hall–Kier alpha value is -3.30. The average molecular weight is 443 g/mol. The summed E-state index contributed by atoms with van der Waals surface area (Å²) in [6, 6.07) is 0.0381. The fourth-order valence-electron chi connectivity index (χ4n) is 4.02. The highest BCUT2D eigenvalue weighted by molar-refractivity contribution is 5.97. The molecule has 0 spiro atoms. The standard InChI is InChI=1S/C22H30N6O4/c1-13(2)12-27-20-15(8-9-16(29)26-10-4-5-11-26)18(23-3)25-28(20)22(32)17(21(27)31)19(30)24-14-6-7-14/h8-9,13-14,31H,4-7,10-12H2,1-3H3,(H,23,25)(H,24,30)/b9-8+. The maximum atomic E-state index is 13.2. The number of amides is 2. The predicted octanol–water partition coefficient (Wildman–Crippen LogP) is 1.43. The van der Waals surface area contributed by atoms with Crippen LogP contribution in [-0.2, 0) is 11.3 Å². The highest BCUT2D eigenvalue weighted by Gasteiger charge is 2.30. The fourth-order valence-corrected chi connectivity index (χ4v) is 4.02. The lowest BCUT2D eigenvalue weighted by Gasteiger charge is -2.17. The Balaban J connectivity index is 1.87. The molecule has 0 unspecified atom stereocenters. The van der Waals surface area contributed by atoms with Crippen molar-refractivity contribution in [2.75, 3.05) is 25.5 Å². The summed E-state index contributed by atoms with van der Waals surface area (Å²) >= 11 is 0. The van der Waals surface area contributed by atoms with Gasteiger partial charge in [-0.05, 0) is 37.7 Å². The van der Waals surface area contributed by atoms with Crippen LogP contribution >= 0.6 is 0 Å². The van der Waals surface area contributed by atoms with Crippen LogP contribution in [0.4, 0.5) is 5.82 Å². The molecule has 2 aromatic rings. The summed E-state index contributed by atoms with van der Waals surface area (Å²) in [5.74, 6) is -0.604. The van der Waals surface area contributed by atoms with Crippen molar-refractivity contribution in [1.29, 1.82) is 0 Å². The minimum Gasteiger partial charge on any atom is -0.494 e. The molecule has 10 nitrogen and oxygen atoms in total. The van der Waals surface area contributed by atoms with Gasteiger partial charge in [-0.3, -0.25) is 19.0 Å². The molecule has 2 amide bonds. The first-order valence-corrected chi connectivity index (χ1v) is 11.2. The smallest absolute Gasteiger partial charge is 0.291 e. The molecule has 0 aromatic carbocycles. The second-order valence-electron chi connectivity index (χ2n) is 8.87. The van der Waals surface area contributed by atoms with E-state index in [2.05, 4.69) is 15.7 Å². The largest absolute Gasteiger partial charge is 0.494 e. The molecule has 1 saturated carbocycles. The Bertz CT molecular complexity index is 1140. The molecule has 3 heterocycles. The number of carbonyl (C=O) groups excluding carboxylic acids is 2. The van der Waals surface area contributed by atoms with Crippen molar-refractivity contribution in [3.05, 3.63) is 27.6 Å². The minimum absolute atomic E-state index is 0.0381.